The lowest BCUT2D eigenvalue weighted by Gasteiger charge is -2.42. The zero-order valence-electron chi connectivity index (χ0n) is 16.6. The number of aliphatic hydroxyl groups is 1. The van der Waals surface area contributed by atoms with Crippen molar-refractivity contribution in [2.45, 2.75) is 44.4 Å². The molecule has 0 radical (unpaired) electrons. The van der Waals surface area contributed by atoms with E-state index in [4.69, 9.17) is 0 Å². The third kappa shape index (κ3) is 3.76. The molecule has 2 fully saturated rings. The Hall–Kier alpha value is -2.40. The van der Waals surface area contributed by atoms with Gasteiger partial charge in [0, 0.05) is 6.54 Å². The standard InChI is InChI=1S/C24H29NO4/c1-2-15-8-11-19(20(26)12-15)25(14-16-6-4-3-5-7-16)23(27)21-17-9-10-18(13-17)22(21)24(28)29/h2-7,9-10,15,17-22,26H,1,8,11-14H2,(H,28,29). The van der Waals surface area contributed by atoms with Crippen LogP contribution in [0.2, 0.25) is 0 Å². The number of carbonyl (C=O) groups is 2. The van der Waals surface area contributed by atoms with Crippen molar-refractivity contribution in [1.29, 1.82) is 0 Å². The summed E-state index contributed by atoms with van der Waals surface area (Å²) in [6.45, 7) is 4.24. The minimum Gasteiger partial charge on any atom is -0.481 e. The number of carboxylic acid groups (broad SMARTS) is 1. The fourth-order valence-electron chi connectivity index (χ4n) is 5.57. The first-order valence-corrected chi connectivity index (χ1v) is 10.6. The number of benzene rings is 1. The van der Waals surface area contributed by atoms with Gasteiger partial charge in [0.2, 0.25) is 5.91 Å². The topological polar surface area (TPSA) is 77.8 Å². The van der Waals surface area contributed by atoms with Gasteiger partial charge in [-0.3, -0.25) is 9.59 Å². The number of amides is 1. The Balaban J connectivity index is 1.63. The lowest BCUT2D eigenvalue weighted by Crippen LogP contribution is -2.53. The largest absolute Gasteiger partial charge is 0.481 e. The van der Waals surface area contributed by atoms with Gasteiger partial charge in [-0.2, -0.15) is 0 Å². The summed E-state index contributed by atoms with van der Waals surface area (Å²) in [5.41, 5.74) is 0.990. The van der Waals surface area contributed by atoms with Crippen LogP contribution in [0.25, 0.3) is 0 Å². The molecule has 2 bridgehead atoms. The van der Waals surface area contributed by atoms with Crippen molar-refractivity contribution in [1.82, 2.24) is 4.90 Å². The second kappa shape index (κ2) is 8.15. The average Bonchev–Trinajstić information content (AvgIpc) is 3.34. The molecule has 0 aliphatic heterocycles. The van der Waals surface area contributed by atoms with E-state index in [0.29, 0.717) is 19.4 Å². The molecule has 1 aromatic carbocycles. The summed E-state index contributed by atoms with van der Waals surface area (Å²) in [5.74, 6) is -2.06. The number of carbonyl (C=O) groups excluding carboxylic acids is 1. The van der Waals surface area contributed by atoms with E-state index < -0.39 is 23.9 Å². The van der Waals surface area contributed by atoms with Crippen LogP contribution in [0.1, 0.15) is 31.2 Å². The number of allylic oxidation sites excluding steroid dienone is 3. The molecular formula is C24H29NO4. The summed E-state index contributed by atoms with van der Waals surface area (Å²) in [6.07, 6.45) is 8.12. The third-order valence-corrected chi connectivity index (χ3v) is 7.06. The number of hydrogen-bond acceptors (Lipinski definition) is 3. The fraction of sp³-hybridized carbons (Fsp3) is 0.500. The van der Waals surface area contributed by atoms with Gasteiger partial charge in [-0.15, -0.1) is 6.58 Å². The second-order valence-corrected chi connectivity index (χ2v) is 8.73. The Labute approximate surface area is 171 Å². The van der Waals surface area contributed by atoms with Gasteiger partial charge in [-0.25, -0.2) is 0 Å². The molecule has 0 heterocycles. The predicted octanol–water partition coefficient (Wildman–Crippen LogP) is 3.25. The Kier molecular flexibility index (Phi) is 5.59. The maximum atomic E-state index is 13.7. The van der Waals surface area contributed by atoms with Crippen LogP contribution < -0.4 is 0 Å². The van der Waals surface area contributed by atoms with Crippen LogP contribution in [0.4, 0.5) is 0 Å². The summed E-state index contributed by atoms with van der Waals surface area (Å²) in [6, 6.07) is 9.44. The van der Waals surface area contributed by atoms with Crippen molar-refractivity contribution in [3.8, 4) is 0 Å². The smallest absolute Gasteiger partial charge is 0.307 e. The number of hydrogen-bond donors (Lipinski definition) is 2. The molecule has 3 aliphatic carbocycles. The van der Waals surface area contributed by atoms with Gasteiger partial charge >= 0.3 is 5.97 Å². The number of nitrogens with zero attached hydrogens (tertiary/aromatic N) is 1. The van der Waals surface area contributed by atoms with Crippen molar-refractivity contribution in [2.75, 3.05) is 0 Å². The van der Waals surface area contributed by atoms with Gasteiger partial charge in [-0.1, -0.05) is 48.6 Å². The van der Waals surface area contributed by atoms with E-state index in [9.17, 15) is 19.8 Å². The van der Waals surface area contributed by atoms with Crippen LogP contribution in [0, 0.1) is 29.6 Å². The van der Waals surface area contributed by atoms with E-state index >= 15 is 0 Å². The van der Waals surface area contributed by atoms with E-state index in [-0.39, 0.29) is 29.7 Å². The van der Waals surface area contributed by atoms with Crippen molar-refractivity contribution >= 4 is 11.9 Å². The highest BCUT2D eigenvalue weighted by atomic mass is 16.4. The van der Waals surface area contributed by atoms with Crippen molar-refractivity contribution in [2.24, 2.45) is 29.6 Å². The first-order chi connectivity index (χ1) is 14.0. The third-order valence-electron chi connectivity index (χ3n) is 7.06. The van der Waals surface area contributed by atoms with Gasteiger partial charge in [0.15, 0.2) is 0 Å². The summed E-state index contributed by atoms with van der Waals surface area (Å²) < 4.78 is 0. The molecule has 5 heteroatoms. The molecule has 0 aromatic heterocycles. The molecule has 3 aliphatic rings. The van der Waals surface area contributed by atoms with E-state index in [1.165, 1.54) is 0 Å². The fourth-order valence-corrected chi connectivity index (χ4v) is 5.57. The molecule has 1 amide bonds. The number of carboxylic acids is 1. The first kappa shape index (κ1) is 19.9. The Morgan fingerprint density at radius 2 is 1.76 bits per heavy atom. The quantitative estimate of drug-likeness (QED) is 0.725. The van der Waals surface area contributed by atoms with Gasteiger partial charge in [0.1, 0.15) is 0 Å². The van der Waals surface area contributed by atoms with Gasteiger partial charge in [0.05, 0.1) is 24.0 Å². The van der Waals surface area contributed by atoms with Crippen LogP contribution >= 0.6 is 0 Å². The number of rotatable bonds is 6. The molecule has 29 heavy (non-hydrogen) atoms. The molecule has 7 unspecified atom stereocenters. The first-order valence-electron chi connectivity index (χ1n) is 10.6. The highest BCUT2D eigenvalue weighted by molar-refractivity contribution is 5.87. The molecule has 154 valence electrons. The van der Waals surface area contributed by atoms with Crippen LogP contribution in [0.15, 0.2) is 55.1 Å². The van der Waals surface area contributed by atoms with Crippen LogP contribution in [0.3, 0.4) is 0 Å². The van der Waals surface area contributed by atoms with E-state index in [1.807, 2.05) is 48.6 Å². The van der Waals surface area contributed by atoms with Crippen molar-refractivity contribution in [3.05, 3.63) is 60.7 Å². The molecule has 0 saturated heterocycles. The summed E-state index contributed by atoms with van der Waals surface area (Å²) in [5, 5.41) is 20.6. The maximum Gasteiger partial charge on any atom is 0.307 e. The highest BCUT2D eigenvalue weighted by Crippen LogP contribution is 2.49. The summed E-state index contributed by atoms with van der Waals surface area (Å²) >= 11 is 0. The molecule has 1 aromatic rings. The Bertz CT molecular complexity index is 804. The highest BCUT2D eigenvalue weighted by Gasteiger charge is 2.53. The lowest BCUT2D eigenvalue weighted by atomic mass is 9.79. The van der Waals surface area contributed by atoms with Gasteiger partial charge in [0.25, 0.3) is 0 Å². The Morgan fingerprint density at radius 1 is 1.07 bits per heavy atom. The minimum atomic E-state index is -0.893. The summed E-state index contributed by atoms with van der Waals surface area (Å²) in [4.78, 5) is 27.5. The van der Waals surface area contributed by atoms with Gasteiger partial charge in [-0.05, 0) is 49.0 Å². The molecule has 2 N–H and O–H groups in total. The molecule has 4 rings (SSSR count). The molecule has 2 saturated carbocycles. The SMILES string of the molecule is C=CC1CCC(N(Cc2ccccc2)C(=O)C2C3C=CC(C3)C2C(=O)O)C(O)C1. The number of fused-ring (bicyclic) bond motifs is 2. The number of aliphatic hydroxyl groups excluding tert-OH is 1. The zero-order valence-corrected chi connectivity index (χ0v) is 16.6. The monoisotopic (exact) mass is 395 g/mol. The van der Waals surface area contributed by atoms with E-state index in [0.717, 1.165) is 18.4 Å². The van der Waals surface area contributed by atoms with Gasteiger partial charge < -0.3 is 15.1 Å². The Morgan fingerprint density at radius 3 is 2.38 bits per heavy atom. The molecular weight excluding hydrogens is 366 g/mol. The van der Waals surface area contributed by atoms with Crippen molar-refractivity contribution in [3.63, 3.8) is 0 Å². The van der Waals surface area contributed by atoms with Crippen molar-refractivity contribution < 1.29 is 19.8 Å². The second-order valence-electron chi connectivity index (χ2n) is 8.73. The average molecular weight is 395 g/mol. The predicted molar refractivity (Wildman–Crippen MR) is 110 cm³/mol. The summed E-state index contributed by atoms with van der Waals surface area (Å²) in [7, 11) is 0. The lowest BCUT2D eigenvalue weighted by molar-refractivity contribution is -0.154. The van der Waals surface area contributed by atoms with Crippen LogP contribution in [-0.4, -0.2) is 39.1 Å². The van der Waals surface area contributed by atoms with E-state index in [2.05, 4.69) is 6.58 Å². The van der Waals surface area contributed by atoms with Crippen LogP contribution in [0.5, 0.6) is 0 Å². The minimum absolute atomic E-state index is 0.0199. The molecule has 0 spiro atoms. The maximum absolute atomic E-state index is 13.7. The number of aliphatic carboxylic acids is 1. The van der Waals surface area contributed by atoms with Crippen LogP contribution in [-0.2, 0) is 16.1 Å². The molecule has 7 atom stereocenters. The normalized spacial score (nSPS) is 35.4. The van der Waals surface area contributed by atoms with E-state index in [1.54, 1.807) is 4.90 Å². The zero-order chi connectivity index (χ0) is 20.5. The molecule has 5 nitrogen and oxygen atoms in total.